The van der Waals surface area contributed by atoms with Crippen molar-refractivity contribution in [3.8, 4) is 0 Å². The van der Waals surface area contributed by atoms with Crippen molar-refractivity contribution in [1.29, 1.82) is 0 Å². The Bertz CT molecular complexity index is 603. The summed E-state index contributed by atoms with van der Waals surface area (Å²) in [5, 5.41) is 0. The minimum absolute atomic E-state index is 0.199. The van der Waals surface area contributed by atoms with Crippen LogP contribution in [-0.4, -0.2) is 0 Å². The van der Waals surface area contributed by atoms with Crippen LogP contribution in [0.5, 0.6) is 0 Å². The fourth-order valence-electron chi connectivity index (χ4n) is 3.57. The zero-order chi connectivity index (χ0) is 16.5. The molecule has 0 radical (unpaired) electrons. The fraction of sp³-hybridized carbons (Fsp3) is 0.545. The number of fused-ring (bicyclic) bond motifs is 1. The number of hydrogen-bond acceptors (Lipinski definition) is 0. The van der Waals surface area contributed by atoms with Gasteiger partial charge in [0.2, 0.25) is 0 Å². The molecule has 1 aliphatic rings. The molecule has 0 aromatic heterocycles. The van der Waals surface area contributed by atoms with E-state index in [1.807, 2.05) is 0 Å². The molecule has 0 saturated heterocycles. The zero-order valence-corrected chi connectivity index (χ0v) is 15.5. The monoisotopic (exact) mass is 296 g/mol. The highest BCUT2D eigenvalue weighted by molar-refractivity contribution is 5.78. The van der Waals surface area contributed by atoms with Crippen LogP contribution in [0.1, 0.15) is 84.4 Å². The van der Waals surface area contributed by atoms with Crippen molar-refractivity contribution in [2.24, 2.45) is 5.41 Å². The lowest BCUT2D eigenvalue weighted by Crippen LogP contribution is -2.25. The van der Waals surface area contributed by atoms with E-state index in [1.165, 1.54) is 34.3 Å². The molecule has 1 aromatic rings. The van der Waals surface area contributed by atoms with E-state index in [0.29, 0.717) is 0 Å². The zero-order valence-electron chi connectivity index (χ0n) is 15.5. The topological polar surface area (TPSA) is 0 Å². The van der Waals surface area contributed by atoms with Crippen LogP contribution in [0.2, 0.25) is 0 Å². The predicted octanol–water partition coefficient (Wildman–Crippen LogP) is 7.00. The second-order valence-corrected chi connectivity index (χ2v) is 8.28. The molecule has 0 spiro atoms. The summed E-state index contributed by atoms with van der Waals surface area (Å²) in [5.41, 5.74) is 7.80. The second kappa shape index (κ2) is 6.07. The Labute approximate surface area is 137 Å². The Morgan fingerprint density at radius 1 is 1.23 bits per heavy atom. The first-order valence-corrected chi connectivity index (χ1v) is 8.72. The Balaban J connectivity index is 2.60. The maximum atomic E-state index is 2.47. The average molecular weight is 296 g/mol. The van der Waals surface area contributed by atoms with Crippen molar-refractivity contribution in [3.63, 3.8) is 0 Å². The van der Waals surface area contributed by atoms with Gasteiger partial charge in [0.15, 0.2) is 0 Å². The minimum atomic E-state index is 0.199. The molecule has 2 rings (SSSR count). The summed E-state index contributed by atoms with van der Waals surface area (Å²) in [4.78, 5) is 0. The Morgan fingerprint density at radius 3 is 2.45 bits per heavy atom. The van der Waals surface area contributed by atoms with Crippen molar-refractivity contribution in [3.05, 3.63) is 47.0 Å². The standard InChI is InChI=1S/C22H32/c1-8-10-16(9-2)17-11-12-20-18(15-17)19(21(3,4)5)13-14-22(20,6)7/h9,11-13,15H,8,10,14H2,1-7H3/b16-9-. The first-order chi connectivity index (χ1) is 10.2. The Morgan fingerprint density at radius 2 is 1.91 bits per heavy atom. The number of benzene rings is 1. The number of hydrogen-bond donors (Lipinski definition) is 0. The van der Waals surface area contributed by atoms with Gasteiger partial charge in [0, 0.05) is 0 Å². The third-order valence-corrected chi connectivity index (χ3v) is 4.90. The molecule has 0 nitrogen and oxygen atoms in total. The van der Waals surface area contributed by atoms with E-state index in [0.717, 1.165) is 12.8 Å². The van der Waals surface area contributed by atoms with Gasteiger partial charge in [-0.15, -0.1) is 0 Å². The van der Waals surface area contributed by atoms with Gasteiger partial charge >= 0.3 is 0 Å². The van der Waals surface area contributed by atoms with Gasteiger partial charge in [-0.1, -0.05) is 72.2 Å². The highest BCUT2D eigenvalue weighted by Gasteiger charge is 2.32. The summed E-state index contributed by atoms with van der Waals surface area (Å²) in [5.74, 6) is 0. The van der Waals surface area contributed by atoms with Gasteiger partial charge in [-0.2, -0.15) is 0 Å². The van der Waals surface area contributed by atoms with Crippen molar-refractivity contribution in [2.75, 3.05) is 0 Å². The Hall–Kier alpha value is -1.30. The molecule has 0 fully saturated rings. The molecule has 0 heteroatoms. The summed E-state index contributed by atoms with van der Waals surface area (Å²) < 4.78 is 0. The lowest BCUT2D eigenvalue weighted by atomic mass is 9.68. The van der Waals surface area contributed by atoms with Crippen molar-refractivity contribution in [2.45, 2.75) is 73.1 Å². The lowest BCUT2D eigenvalue weighted by Gasteiger charge is -2.37. The van der Waals surface area contributed by atoms with Crippen molar-refractivity contribution >= 4 is 11.1 Å². The molecule has 0 unspecified atom stereocenters. The molecule has 0 saturated carbocycles. The largest absolute Gasteiger partial charge is 0.0838 e. The normalized spacial score (nSPS) is 18.0. The molecule has 0 aliphatic heterocycles. The molecule has 120 valence electrons. The van der Waals surface area contributed by atoms with Gasteiger partial charge in [0.25, 0.3) is 0 Å². The highest BCUT2D eigenvalue weighted by atomic mass is 14.4. The average Bonchev–Trinajstić information content (AvgIpc) is 2.42. The summed E-state index contributed by atoms with van der Waals surface area (Å²) in [7, 11) is 0. The maximum Gasteiger partial charge on any atom is -0.00629 e. The first-order valence-electron chi connectivity index (χ1n) is 8.72. The molecule has 1 aliphatic carbocycles. The molecule has 0 heterocycles. The van der Waals surface area contributed by atoms with E-state index < -0.39 is 0 Å². The quantitative estimate of drug-likeness (QED) is 0.563. The van der Waals surface area contributed by atoms with E-state index in [1.54, 1.807) is 0 Å². The van der Waals surface area contributed by atoms with E-state index in [2.05, 4.69) is 78.8 Å². The van der Waals surface area contributed by atoms with Crippen LogP contribution in [0.4, 0.5) is 0 Å². The summed E-state index contributed by atoms with van der Waals surface area (Å²) in [6.45, 7) is 16.1. The van der Waals surface area contributed by atoms with E-state index in [9.17, 15) is 0 Å². The summed E-state index contributed by atoms with van der Waals surface area (Å²) in [6.07, 6.45) is 8.25. The number of allylic oxidation sites excluding steroid dienone is 4. The van der Waals surface area contributed by atoms with Crippen molar-refractivity contribution < 1.29 is 0 Å². The molecular weight excluding hydrogens is 264 g/mol. The van der Waals surface area contributed by atoms with Gasteiger partial charge < -0.3 is 0 Å². The lowest BCUT2D eigenvalue weighted by molar-refractivity contribution is 0.503. The smallest absolute Gasteiger partial charge is 0.00629 e. The second-order valence-electron chi connectivity index (χ2n) is 8.28. The first kappa shape index (κ1) is 17.1. The third-order valence-electron chi connectivity index (χ3n) is 4.90. The van der Waals surface area contributed by atoms with E-state index in [-0.39, 0.29) is 10.8 Å². The van der Waals surface area contributed by atoms with E-state index >= 15 is 0 Å². The predicted molar refractivity (Wildman–Crippen MR) is 100 cm³/mol. The van der Waals surface area contributed by atoms with Crippen molar-refractivity contribution in [1.82, 2.24) is 0 Å². The van der Waals surface area contributed by atoms with Crippen LogP contribution >= 0.6 is 0 Å². The molecule has 1 aromatic carbocycles. The molecule has 0 amide bonds. The number of rotatable bonds is 3. The summed E-state index contributed by atoms with van der Waals surface area (Å²) in [6, 6.07) is 7.15. The molecule has 22 heavy (non-hydrogen) atoms. The van der Waals surface area contributed by atoms with Gasteiger partial charge in [0.1, 0.15) is 0 Å². The molecule has 0 atom stereocenters. The van der Waals surface area contributed by atoms with Gasteiger partial charge in [-0.05, 0) is 64.5 Å². The van der Waals surface area contributed by atoms with E-state index in [4.69, 9.17) is 0 Å². The van der Waals surface area contributed by atoms with Crippen LogP contribution in [0.25, 0.3) is 11.1 Å². The van der Waals surface area contributed by atoms with Gasteiger partial charge in [-0.3, -0.25) is 0 Å². The maximum absolute atomic E-state index is 2.47. The molecule has 0 bridgehead atoms. The molecule has 0 N–H and O–H groups in total. The van der Waals surface area contributed by atoms with Gasteiger partial charge in [0.05, 0.1) is 0 Å². The SMILES string of the molecule is C/C=C(/CCC)c1ccc2c(c1)C(C(C)(C)C)=CCC2(C)C. The minimum Gasteiger partial charge on any atom is -0.0838 e. The third kappa shape index (κ3) is 3.21. The van der Waals surface area contributed by atoms with Crippen LogP contribution in [0, 0.1) is 5.41 Å². The highest BCUT2D eigenvalue weighted by Crippen LogP contribution is 2.46. The summed E-state index contributed by atoms with van der Waals surface area (Å²) >= 11 is 0. The van der Waals surface area contributed by atoms with Gasteiger partial charge in [-0.25, -0.2) is 0 Å². The van der Waals surface area contributed by atoms with Crippen LogP contribution < -0.4 is 0 Å². The Kier molecular flexibility index (Phi) is 4.70. The molecular formula is C22H32. The van der Waals surface area contributed by atoms with Crippen LogP contribution in [0.3, 0.4) is 0 Å². The van der Waals surface area contributed by atoms with Crippen LogP contribution in [-0.2, 0) is 5.41 Å². The van der Waals surface area contributed by atoms with Crippen LogP contribution in [0.15, 0.2) is 30.4 Å². The fourth-order valence-corrected chi connectivity index (χ4v) is 3.57.